The van der Waals surface area contributed by atoms with Crippen LogP contribution < -0.4 is 15.8 Å². The van der Waals surface area contributed by atoms with Gasteiger partial charge in [0.25, 0.3) is 5.91 Å². The zero-order valence-corrected chi connectivity index (χ0v) is 22.5. The number of carbonyl (C=O) groups excluding carboxylic acids is 2. The number of nitrogens with two attached hydrogens (primary N) is 1. The average molecular weight is 491 g/mol. The van der Waals surface area contributed by atoms with Gasteiger partial charge in [-0.2, -0.15) is 0 Å². The van der Waals surface area contributed by atoms with E-state index >= 15 is 0 Å². The van der Waals surface area contributed by atoms with Crippen molar-refractivity contribution >= 4 is 11.9 Å². The zero-order valence-electron chi connectivity index (χ0n) is 22.5. The monoisotopic (exact) mass is 490 g/mol. The minimum atomic E-state index is -0.446. The van der Waals surface area contributed by atoms with Crippen molar-refractivity contribution in [1.82, 2.24) is 5.32 Å². The van der Waals surface area contributed by atoms with Crippen molar-refractivity contribution in [2.75, 3.05) is 26.8 Å². The molecule has 1 unspecified atom stereocenters. The van der Waals surface area contributed by atoms with Gasteiger partial charge in [-0.05, 0) is 50.4 Å². The molecule has 6 heteroatoms. The van der Waals surface area contributed by atoms with E-state index < -0.39 is 5.92 Å². The van der Waals surface area contributed by atoms with Gasteiger partial charge in [-0.15, -0.1) is 0 Å². The first-order valence-corrected chi connectivity index (χ1v) is 13.9. The molecular formula is C29H50N2O4. The highest BCUT2D eigenvalue weighted by molar-refractivity contribution is 5.97. The second kappa shape index (κ2) is 20.1. The van der Waals surface area contributed by atoms with Gasteiger partial charge in [0.15, 0.2) is 0 Å². The van der Waals surface area contributed by atoms with E-state index in [2.05, 4.69) is 12.2 Å². The third-order valence-corrected chi connectivity index (χ3v) is 6.47. The highest BCUT2D eigenvalue weighted by atomic mass is 16.5. The number of unbranched alkanes of at least 4 members (excludes halogenated alkanes) is 12. The summed E-state index contributed by atoms with van der Waals surface area (Å²) in [4.78, 5) is 24.9. The molecule has 35 heavy (non-hydrogen) atoms. The smallest absolute Gasteiger partial charge is 0.312 e. The topological polar surface area (TPSA) is 90.6 Å². The van der Waals surface area contributed by atoms with Crippen LogP contribution in [0.2, 0.25) is 0 Å². The van der Waals surface area contributed by atoms with Crippen LogP contribution in [0.25, 0.3) is 0 Å². The molecule has 200 valence electrons. The number of benzene rings is 1. The van der Waals surface area contributed by atoms with Crippen molar-refractivity contribution in [3.8, 4) is 5.75 Å². The van der Waals surface area contributed by atoms with Gasteiger partial charge in [0.05, 0.1) is 25.2 Å². The maximum Gasteiger partial charge on any atom is 0.312 e. The van der Waals surface area contributed by atoms with Crippen LogP contribution in [0.1, 0.15) is 126 Å². The first kappa shape index (κ1) is 31.0. The van der Waals surface area contributed by atoms with Crippen LogP contribution in [-0.4, -0.2) is 38.7 Å². The molecule has 0 radical (unpaired) electrons. The van der Waals surface area contributed by atoms with E-state index in [0.29, 0.717) is 31.0 Å². The summed E-state index contributed by atoms with van der Waals surface area (Å²) < 4.78 is 10.9. The van der Waals surface area contributed by atoms with Gasteiger partial charge in [-0.3, -0.25) is 9.59 Å². The summed E-state index contributed by atoms with van der Waals surface area (Å²) in [6.07, 6.45) is 16.7. The Bertz CT molecular complexity index is 708. The standard InChI is InChI=1S/C29H50N2O4/c1-4-5-6-7-8-9-10-11-14-17-22-35-27-19-18-25(24(2)29(33)34-3)23-26(27)28(32)31-21-16-13-12-15-20-30/h18-19,23-24H,4-17,20-22,30H2,1-3H3,(H,31,32). The number of carbonyl (C=O) groups is 2. The highest BCUT2D eigenvalue weighted by Gasteiger charge is 2.20. The number of hydrogen-bond acceptors (Lipinski definition) is 5. The number of ether oxygens (including phenoxy) is 2. The molecule has 0 aromatic heterocycles. The molecule has 0 heterocycles. The quantitative estimate of drug-likeness (QED) is 0.151. The Morgan fingerprint density at radius 2 is 1.49 bits per heavy atom. The summed E-state index contributed by atoms with van der Waals surface area (Å²) in [6, 6.07) is 5.42. The summed E-state index contributed by atoms with van der Waals surface area (Å²) in [7, 11) is 1.38. The Morgan fingerprint density at radius 3 is 2.11 bits per heavy atom. The lowest BCUT2D eigenvalue weighted by molar-refractivity contribution is -0.142. The van der Waals surface area contributed by atoms with Crippen LogP contribution in [0.15, 0.2) is 18.2 Å². The molecule has 1 rings (SSSR count). The van der Waals surface area contributed by atoms with E-state index in [1.807, 2.05) is 6.07 Å². The first-order valence-electron chi connectivity index (χ1n) is 13.9. The summed E-state index contributed by atoms with van der Waals surface area (Å²) in [6.45, 7) is 5.93. The molecule has 0 fully saturated rings. The third-order valence-electron chi connectivity index (χ3n) is 6.47. The normalized spacial score (nSPS) is 11.8. The van der Waals surface area contributed by atoms with Gasteiger partial charge in [-0.25, -0.2) is 0 Å². The second-order valence-corrected chi connectivity index (χ2v) is 9.49. The Labute approximate surface area is 213 Å². The molecule has 1 aromatic rings. The Hall–Kier alpha value is -2.08. The highest BCUT2D eigenvalue weighted by Crippen LogP contribution is 2.26. The lowest BCUT2D eigenvalue weighted by Gasteiger charge is -2.16. The molecule has 0 aliphatic heterocycles. The van der Waals surface area contributed by atoms with Crippen LogP contribution in [0.4, 0.5) is 0 Å². The lowest BCUT2D eigenvalue weighted by atomic mass is 9.98. The van der Waals surface area contributed by atoms with E-state index in [0.717, 1.165) is 44.1 Å². The van der Waals surface area contributed by atoms with Crippen molar-refractivity contribution < 1.29 is 19.1 Å². The molecule has 0 bridgehead atoms. The number of rotatable bonds is 21. The van der Waals surface area contributed by atoms with Crippen molar-refractivity contribution in [2.45, 2.75) is 110 Å². The number of hydrogen-bond donors (Lipinski definition) is 2. The lowest BCUT2D eigenvalue weighted by Crippen LogP contribution is -2.25. The molecule has 1 atom stereocenters. The maximum absolute atomic E-state index is 12.9. The Balaban J connectivity index is 2.55. The summed E-state index contributed by atoms with van der Waals surface area (Å²) in [5, 5.41) is 3.00. The molecule has 1 aromatic carbocycles. The molecule has 3 N–H and O–H groups in total. The van der Waals surface area contributed by atoms with Gasteiger partial charge in [0, 0.05) is 6.54 Å². The molecule has 0 saturated heterocycles. The van der Waals surface area contributed by atoms with Gasteiger partial charge < -0.3 is 20.5 Å². The maximum atomic E-state index is 12.9. The fourth-order valence-corrected chi connectivity index (χ4v) is 4.12. The molecule has 1 amide bonds. The molecule has 0 spiro atoms. The van der Waals surface area contributed by atoms with Crippen molar-refractivity contribution in [1.29, 1.82) is 0 Å². The van der Waals surface area contributed by atoms with Crippen LogP contribution in [0, 0.1) is 0 Å². The summed E-state index contributed by atoms with van der Waals surface area (Å²) >= 11 is 0. The van der Waals surface area contributed by atoms with E-state index in [1.54, 1.807) is 19.1 Å². The second-order valence-electron chi connectivity index (χ2n) is 9.49. The predicted molar refractivity (Wildman–Crippen MR) is 144 cm³/mol. The fourth-order valence-electron chi connectivity index (χ4n) is 4.12. The van der Waals surface area contributed by atoms with E-state index in [-0.39, 0.29) is 11.9 Å². The van der Waals surface area contributed by atoms with Crippen LogP contribution in [0.3, 0.4) is 0 Å². The van der Waals surface area contributed by atoms with Gasteiger partial charge >= 0.3 is 5.97 Å². The van der Waals surface area contributed by atoms with Crippen LogP contribution in [-0.2, 0) is 9.53 Å². The number of esters is 1. The first-order chi connectivity index (χ1) is 17.0. The van der Waals surface area contributed by atoms with Crippen LogP contribution >= 0.6 is 0 Å². The number of methoxy groups -OCH3 is 1. The van der Waals surface area contributed by atoms with E-state index in [1.165, 1.54) is 58.5 Å². The molecule has 0 aliphatic rings. The van der Waals surface area contributed by atoms with Crippen molar-refractivity contribution in [3.05, 3.63) is 29.3 Å². The Kier molecular flexibility index (Phi) is 17.8. The SMILES string of the molecule is CCCCCCCCCCCCOc1ccc(C(C)C(=O)OC)cc1C(=O)NCCCCCCN. The van der Waals surface area contributed by atoms with Crippen molar-refractivity contribution in [3.63, 3.8) is 0 Å². The predicted octanol–water partition coefficient (Wildman–Crippen LogP) is 6.51. The molecular weight excluding hydrogens is 440 g/mol. The van der Waals surface area contributed by atoms with Gasteiger partial charge in [-0.1, -0.05) is 83.6 Å². The van der Waals surface area contributed by atoms with Gasteiger partial charge in [0.2, 0.25) is 0 Å². The van der Waals surface area contributed by atoms with Crippen LogP contribution in [0.5, 0.6) is 5.75 Å². The minimum absolute atomic E-state index is 0.166. The zero-order chi connectivity index (χ0) is 25.7. The number of amides is 1. The van der Waals surface area contributed by atoms with Crippen molar-refractivity contribution in [2.24, 2.45) is 5.73 Å². The van der Waals surface area contributed by atoms with E-state index in [9.17, 15) is 9.59 Å². The summed E-state index contributed by atoms with van der Waals surface area (Å²) in [5.41, 5.74) is 6.76. The summed E-state index contributed by atoms with van der Waals surface area (Å²) in [5.74, 6) is -0.364. The third kappa shape index (κ3) is 13.6. The van der Waals surface area contributed by atoms with E-state index in [4.69, 9.17) is 15.2 Å². The fraction of sp³-hybridized carbons (Fsp3) is 0.724. The minimum Gasteiger partial charge on any atom is -0.493 e. The largest absolute Gasteiger partial charge is 0.493 e. The number of nitrogens with one attached hydrogen (secondary N) is 1. The molecule has 0 saturated carbocycles. The molecule has 6 nitrogen and oxygen atoms in total. The molecule has 0 aliphatic carbocycles. The van der Waals surface area contributed by atoms with Gasteiger partial charge in [0.1, 0.15) is 5.75 Å². The Morgan fingerprint density at radius 1 is 0.886 bits per heavy atom. The average Bonchev–Trinajstić information content (AvgIpc) is 2.88.